The van der Waals surface area contributed by atoms with E-state index in [1.807, 2.05) is 6.92 Å². The van der Waals surface area contributed by atoms with Gasteiger partial charge in [-0.1, -0.05) is 22.9 Å². The topological polar surface area (TPSA) is 119 Å². The van der Waals surface area contributed by atoms with E-state index in [2.05, 4.69) is 20.0 Å². The van der Waals surface area contributed by atoms with Crippen LogP contribution in [-0.4, -0.2) is 52.3 Å². The second-order valence-electron chi connectivity index (χ2n) is 5.14. The summed E-state index contributed by atoms with van der Waals surface area (Å²) in [6, 6.07) is 6.52. The summed E-state index contributed by atoms with van der Waals surface area (Å²) in [6.07, 6.45) is 1.94. The van der Waals surface area contributed by atoms with E-state index in [-0.39, 0.29) is 10.8 Å². The molecular formula is C14H18N6O4S2. The van der Waals surface area contributed by atoms with E-state index < -0.39 is 15.9 Å². The molecule has 0 aliphatic heterocycles. The normalized spacial score (nSPS) is 12.0. The first kappa shape index (κ1) is 19.9. The summed E-state index contributed by atoms with van der Waals surface area (Å²) >= 11 is 0.784. The van der Waals surface area contributed by atoms with Crippen LogP contribution in [0.25, 0.3) is 0 Å². The van der Waals surface area contributed by atoms with Gasteiger partial charge < -0.3 is 0 Å². The number of hydrogen-bond acceptors (Lipinski definition) is 9. The van der Waals surface area contributed by atoms with E-state index in [4.69, 9.17) is 4.84 Å². The average molecular weight is 398 g/mol. The maximum Gasteiger partial charge on any atom is 0.446 e. The Morgan fingerprint density at radius 1 is 1.38 bits per heavy atom. The molecule has 0 radical (unpaired) electrons. The van der Waals surface area contributed by atoms with Crippen LogP contribution in [0.15, 0.2) is 47.0 Å². The molecule has 0 saturated heterocycles. The summed E-state index contributed by atoms with van der Waals surface area (Å²) in [5.74, 6) is -0.0382. The van der Waals surface area contributed by atoms with E-state index in [9.17, 15) is 13.2 Å². The number of amides is 1. The molecule has 10 nitrogen and oxygen atoms in total. The highest BCUT2D eigenvalue weighted by atomic mass is 32.2. The van der Waals surface area contributed by atoms with Gasteiger partial charge in [0.25, 0.3) is 0 Å². The van der Waals surface area contributed by atoms with Crippen LogP contribution < -0.4 is 4.72 Å². The zero-order chi connectivity index (χ0) is 19.2. The molecule has 140 valence electrons. The summed E-state index contributed by atoms with van der Waals surface area (Å²) < 4.78 is 29.4. The smallest absolute Gasteiger partial charge is 0.295 e. The van der Waals surface area contributed by atoms with Crippen molar-refractivity contribution in [2.45, 2.75) is 18.7 Å². The van der Waals surface area contributed by atoms with Gasteiger partial charge >= 0.3 is 6.09 Å². The molecule has 1 amide bonds. The Bertz CT molecular complexity index is 865. The fourth-order valence-corrected chi connectivity index (χ4v) is 3.50. The van der Waals surface area contributed by atoms with Crippen molar-refractivity contribution in [3.8, 4) is 0 Å². The second-order valence-corrected chi connectivity index (χ2v) is 8.15. The van der Waals surface area contributed by atoms with Crippen molar-refractivity contribution in [3.05, 3.63) is 42.5 Å². The number of rotatable bonds is 6. The summed E-state index contributed by atoms with van der Waals surface area (Å²) in [7, 11) is -2.10. The zero-order valence-corrected chi connectivity index (χ0v) is 16.0. The minimum atomic E-state index is -3.51. The third-order valence-corrected chi connectivity index (χ3v) is 5.49. The maximum absolute atomic E-state index is 12.2. The Morgan fingerprint density at radius 2 is 2.08 bits per heavy atom. The molecule has 0 fully saturated rings. The lowest BCUT2D eigenvalue weighted by Gasteiger charge is -2.14. The molecule has 2 aromatic rings. The summed E-state index contributed by atoms with van der Waals surface area (Å²) in [5, 5.41) is 7.46. The van der Waals surface area contributed by atoms with Crippen LogP contribution in [0.1, 0.15) is 12.5 Å². The van der Waals surface area contributed by atoms with Crippen LogP contribution in [-0.2, 0) is 14.7 Å². The van der Waals surface area contributed by atoms with Crippen molar-refractivity contribution in [1.82, 2.24) is 23.8 Å². The first-order chi connectivity index (χ1) is 12.3. The third kappa shape index (κ3) is 5.54. The number of aryl methyl sites for hydroxylation is 1. The number of nitrogens with zero attached hydrogens (tertiary/aromatic N) is 5. The molecule has 12 heteroatoms. The molecule has 2 rings (SSSR count). The van der Waals surface area contributed by atoms with Crippen LogP contribution in [0.3, 0.4) is 0 Å². The van der Waals surface area contributed by atoms with Crippen molar-refractivity contribution < 1.29 is 18.0 Å². The standard InChI is InChI=1S/C14H18N6O4S2/c1-11-4-6-13(7-5-11)26(22,23)10-17-25-19(3)14(21)24-18-12(2)20-9-15-8-16-20/h4-9,17H,10H2,1-3H3. The van der Waals surface area contributed by atoms with Gasteiger partial charge in [-0.15, -0.1) is 0 Å². The largest absolute Gasteiger partial charge is 0.446 e. The minimum absolute atomic E-state index is 0.203. The van der Waals surface area contributed by atoms with Crippen molar-refractivity contribution in [2.24, 2.45) is 5.16 Å². The number of hydrogen-bond donors (Lipinski definition) is 1. The van der Waals surface area contributed by atoms with Crippen LogP contribution >= 0.6 is 12.1 Å². The molecule has 1 N–H and O–H groups in total. The number of oxime groups is 1. The molecule has 0 aliphatic rings. The Balaban J connectivity index is 1.82. The van der Waals surface area contributed by atoms with Crippen molar-refractivity contribution in [3.63, 3.8) is 0 Å². The van der Waals surface area contributed by atoms with Crippen LogP contribution in [0.2, 0.25) is 0 Å². The Hall–Kier alpha value is -2.44. The SMILES string of the molecule is CC(=NOC(=O)N(C)SNCS(=O)(=O)c1ccc(C)cc1)n1cncn1. The molecule has 0 saturated carbocycles. The molecule has 1 heterocycles. The van der Waals surface area contributed by atoms with Crippen molar-refractivity contribution in [2.75, 3.05) is 12.9 Å². The monoisotopic (exact) mass is 398 g/mol. The highest BCUT2D eigenvalue weighted by Crippen LogP contribution is 2.13. The van der Waals surface area contributed by atoms with E-state index in [1.165, 1.54) is 36.5 Å². The van der Waals surface area contributed by atoms with E-state index in [0.29, 0.717) is 5.84 Å². The zero-order valence-electron chi connectivity index (χ0n) is 14.4. The van der Waals surface area contributed by atoms with E-state index in [0.717, 1.165) is 22.0 Å². The van der Waals surface area contributed by atoms with Gasteiger partial charge in [-0.2, -0.15) is 5.10 Å². The number of nitrogens with one attached hydrogen (secondary N) is 1. The summed E-state index contributed by atoms with van der Waals surface area (Å²) in [4.78, 5) is 20.5. The Kier molecular flexibility index (Phi) is 6.71. The molecule has 0 unspecified atom stereocenters. The minimum Gasteiger partial charge on any atom is -0.295 e. The quantitative estimate of drug-likeness (QED) is 0.255. The number of benzene rings is 1. The Labute approximate surface area is 155 Å². The van der Waals surface area contributed by atoms with E-state index in [1.54, 1.807) is 19.1 Å². The molecule has 1 aromatic carbocycles. The van der Waals surface area contributed by atoms with Crippen LogP contribution in [0.5, 0.6) is 0 Å². The van der Waals surface area contributed by atoms with Gasteiger partial charge in [-0.25, -0.2) is 31.9 Å². The number of carbonyl (C=O) groups is 1. The summed E-state index contributed by atoms with van der Waals surface area (Å²) in [6.45, 7) is 3.46. The molecular weight excluding hydrogens is 380 g/mol. The number of sulfone groups is 1. The highest BCUT2D eigenvalue weighted by Gasteiger charge is 2.16. The van der Waals surface area contributed by atoms with Gasteiger partial charge in [0.05, 0.1) is 4.90 Å². The Morgan fingerprint density at radius 3 is 2.69 bits per heavy atom. The molecule has 0 aliphatic carbocycles. The van der Waals surface area contributed by atoms with Crippen LogP contribution in [0, 0.1) is 6.92 Å². The highest BCUT2D eigenvalue weighted by molar-refractivity contribution is 7.97. The van der Waals surface area contributed by atoms with Gasteiger partial charge in [0, 0.05) is 19.2 Å². The number of carbonyl (C=O) groups excluding carboxylic acids is 1. The fraction of sp³-hybridized carbons (Fsp3) is 0.286. The van der Waals surface area contributed by atoms with Crippen molar-refractivity contribution >= 4 is 33.9 Å². The lowest BCUT2D eigenvalue weighted by Crippen LogP contribution is -2.27. The third-order valence-electron chi connectivity index (χ3n) is 3.09. The lowest BCUT2D eigenvalue weighted by molar-refractivity contribution is 0.136. The fourth-order valence-electron chi connectivity index (χ4n) is 1.65. The van der Waals surface area contributed by atoms with Gasteiger partial charge in [-0.05, 0) is 26.0 Å². The first-order valence-electron chi connectivity index (χ1n) is 7.33. The maximum atomic E-state index is 12.2. The molecule has 0 bridgehead atoms. The first-order valence-corrected chi connectivity index (χ1v) is 9.76. The molecule has 26 heavy (non-hydrogen) atoms. The van der Waals surface area contributed by atoms with Gasteiger partial charge in [-0.3, -0.25) is 4.84 Å². The lowest BCUT2D eigenvalue weighted by atomic mass is 10.2. The second kappa shape index (κ2) is 8.78. The predicted octanol–water partition coefficient (Wildman–Crippen LogP) is 1.42. The predicted molar refractivity (Wildman–Crippen MR) is 96.7 cm³/mol. The number of aromatic nitrogens is 3. The molecule has 0 spiro atoms. The van der Waals surface area contributed by atoms with Gasteiger partial charge in [0.15, 0.2) is 15.7 Å². The van der Waals surface area contributed by atoms with Crippen LogP contribution in [0.4, 0.5) is 4.79 Å². The average Bonchev–Trinajstić information content (AvgIpc) is 3.14. The van der Waals surface area contributed by atoms with E-state index >= 15 is 0 Å². The molecule has 0 atom stereocenters. The molecule has 1 aromatic heterocycles. The summed E-state index contributed by atoms with van der Waals surface area (Å²) in [5.41, 5.74) is 0.968. The van der Waals surface area contributed by atoms with Gasteiger partial charge in [0.2, 0.25) is 0 Å². The van der Waals surface area contributed by atoms with Gasteiger partial charge in [0.1, 0.15) is 18.5 Å². The van der Waals surface area contributed by atoms with Crippen molar-refractivity contribution in [1.29, 1.82) is 0 Å².